The van der Waals surface area contributed by atoms with Crippen LogP contribution < -0.4 is 10.1 Å². The summed E-state index contributed by atoms with van der Waals surface area (Å²) in [6, 6.07) is 16.9. The van der Waals surface area contributed by atoms with Crippen molar-refractivity contribution in [1.82, 2.24) is 4.90 Å². The summed E-state index contributed by atoms with van der Waals surface area (Å²) in [6.07, 6.45) is 2.32. The average Bonchev–Trinajstić information content (AvgIpc) is 2.57. The summed E-state index contributed by atoms with van der Waals surface area (Å²) in [5.74, 6) is 0.895. The molecule has 0 bridgehead atoms. The molecule has 0 atom stereocenters. The number of hydrogen-bond donors (Lipinski definition) is 1. The first-order valence-electron chi connectivity index (χ1n) is 8.10. The predicted molar refractivity (Wildman–Crippen MR) is 96.4 cm³/mol. The molecule has 122 valence electrons. The first-order valence-corrected chi connectivity index (χ1v) is 8.48. The van der Waals surface area contributed by atoms with E-state index in [1.54, 1.807) is 7.11 Å². The molecule has 0 aliphatic carbocycles. The first-order chi connectivity index (χ1) is 11.2. The zero-order chi connectivity index (χ0) is 16.1. The number of ether oxygens (including phenoxy) is 1. The standard InChI is InChI=1S/C19H23ClN2O/c1-23-19-7-5-17(6-8-19)21-18-9-11-22(12-10-18)14-15-3-2-4-16(20)13-15/h2-8,13,18,21H,9-12,14H2,1H3. The van der Waals surface area contributed by atoms with E-state index in [4.69, 9.17) is 16.3 Å². The SMILES string of the molecule is COc1ccc(NC2CCN(Cc3cccc(Cl)c3)CC2)cc1. The van der Waals surface area contributed by atoms with Crippen molar-refractivity contribution in [3.63, 3.8) is 0 Å². The number of rotatable bonds is 5. The fraction of sp³-hybridized carbons (Fsp3) is 0.368. The minimum absolute atomic E-state index is 0.541. The molecule has 0 radical (unpaired) electrons. The fourth-order valence-electron chi connectivity index (χ4n) is 3.05. The van der Waals surface area contributed by atoms with Gasteiger partial charge in [0.25, 0.3) is 0 Å². The Bertz CT molecular complexity index is 622. The summed E-state index contributed by atoms with van der Waals surface area (Å²) in [5, 5.41) is 4.44. The number of nitrogens with one attached hydrogen (secondary N) is 1. The normalized spacial score (nSPS) is 16.3. The Morgan fingerprint density at radius 1 is 1.13 bits per heavy atom. The Balaban J connectivity index is 1.48. The van der Waals surface area contributed by atoms with E-state index in [2.05, 4.69) is 34.5 Å². The van der Waals surface area contributed by atoms with Gasteiger partial charge in [0.15, 0.2) is 0 Å². The van der Waals surface area contributed by atoms with Crippen LogP contribution in [0.25, 0.3) is 0 Å². The van der Waals surface area contributed by atoms with Crippen molar-refractivity contribution in [2.75, 3.05) is 25.5 Å². The molecular weight excluding hydrogens is 308 g/mol. The molecule has 2 aromatic carbocycles. The molecule has 0 amide bonds. The summed E-state index contributed by atoms with van der Waals surface area (Å²) < 4.78 is 5.19. The minimum Gasteiger partial charge on any atom is -0.497 e. The molecular formula is C19H23ClN2O. The van der Waals surface area contributed by atoms with Gasteiger partial charge in [-0.2, -0.15) is 0 Å². The van der Waals surface area contributed by atoms with Crippen LogP contribution in [-0.2, 0) is 6.54 Å². The number of piperidine rings is 1. The van der Waals surface area contributed by atoms with Crippen molar-refractivity contribution in [2.24, 2.45) is 0 Å². The van der Waals surface area contributed by atoms with Crippen molar-refractivity contribution >= 4 is 17.3 Å². The van der Waals surface area contributed by atoms with E-state index >= 15 is 0 Å². The molecule has 1 aliphatic rings. The summed E-state index contributed by atoms with van der Waals surface area (Å²) >= 11 is 6.06. The molecule has 3 rings (SSSR count). The lowest BCUT2D eigenvalue weighted by Crippen LogP contribution is -2.38. The van der Waals surface area contributed by atoms with E-state index in [9.17, 15) is 0 Å². The monoisotopic (exact) mass is 330 g/mol. The largest absolute Gasteiger partial charge is 0.497 e. The molecule has 1 saturated heterocycles. The van der Waals surface area contributed by atoms with E-state index in [0.717, 1.165) is 43.2 Å². The number of nitrogens with zero attached hydrogens (tertiary/aromatic N) is 1. The molecule has 0 aromatic heterocycles. The fourth-order valence-corrected chi connectivity index (χ4v) is 3.26. The number of anilines is 1. The van der Waals surface area contributed by atoms with Gasteiger partial charge in [0.05, 0.1) is 7.11 Å². The van der Waals surface area contributed by atoms with Crippen LogP contribution in [0.3, 0.4) is 0 Å². The summed E-state index contributed by atoms with van der Waals surface area (Å²) in [7, 11) is 1.69. The van der Waals surface area contributed by atoms with Crippen molar-refractivity contribution in [3.8, 4) is 5.75 Å². The van der Waals surface area contributed by atoms with E-state index < -0.39 is 0 Å². The van der Waals surface area contributed by atoms with Crippen molar-refractivity contribution in [2.45, 2.75) is 25.4 Å². The Hall–Kier alpha value is -1.71. The molecule has 0 saturated carbocycles. The second-order valence-corrected chi connectivity index (χ2v) is 6.49. The van der Waals surface area contributed by atoms with Crippen LogP contribution in [0.2, 0.25) is 5.02 Å². The molecule has 1 heterocycles. The topological polar surface area (TPSA) is 24.5 Å². The zero-order valence-corrected chi connectivity index (χ0v) is 14.2. The Morgan fingerprint density at radius 3 is 2.52 bits per heavy atom. The number of likely N-dealkylation sites (tertiary alicyclic amines) is 1. The smallest absolute Gasteiger partial charge is 0.119 e. The van der Waals surface area contributed by atoms with Gasteiger partial charge < -0.3 is 10.1 Å². The summed E-state index contributed by atoms with van der Waals surface area (Å²) in [6.45, 7) is 3.20. The highest BCUT2D eigenvalue weighted by Crippen LogP contribution is 2.21. The molecule has 3 nitrogen and oxygen atoms in total. The van der Waals surface area contributed by atoms with E-state index in [0.29, 0.717) is 6.04 Å². The van der Waals surface area contributed by atoms with Gasteiger partial charge in [-0.05, 0) is 54.8 Å². The highest BCUT2D eigenvalue weighted by atomic mass is 35.5. The lowest BCUT2D eigenvalue weighted by atomic mass is 10.0. The van der Waals surface area contributed by atoms with Gasteiger partial charge in [-0.25, -0.2) is 0 Å². The molecule has 0 spiro atoms. The van der Waals surface area contributed by atoms with Crippen molar-refractivity contribution in [1.29, 1.82) is 0 Å². The summed E-state index contributed by atoms with van der Waals surface area (Å²) in [4.78, 5) is 2.50. The molecule has 1 fully saturated rings. The predicted octanol–water partition coefficient (Wildman–Crippen LogP) is 4.43. The van der Waals surface area contributed by atoms with Gasteiger partial charge in [-0.1, -0.05) is 23.7 Å². The highest BCUT2D eigenvalue weighted by molar-refractivity contribution is 6.30. The zero-order valence-electron chi connectivity index (χ0n) is 13.5. The second kappa shape index (κ2) is 7.71. The van der Waals surface area contributed by atoms with Crippen LogP contribution in [0.4, 0.5) is 5.69 Å². The van der Waals surface area contributed by atoms with Crippen LogP contribution in [0.15, 0.2) is 48.5 Å². The Labute approximate surface area is 143 Å². The van der Waals surface area contributed by atoms with Crippen LogP contribution in [0.1, 0.15) is 18.4 Å². The van der Waals surface area contributed by atoms with E-state index in [1.165, 1.54) is 11.3 Å². The average molecular weight is 331 g/mol. The summed E-state index contributed by atoms with van der Waals surface area (Å²) in [5.41, 5.74) is 2.46. The molecule has 2 aromatic rings. The molecule has 1 aliphatic heterocycles. The van der Waals surface area contributed by atoms with Crippen LogP contribution in [0.5, 0.6) is 5.75 Å². The number of hydrogen-bond acceptors (Lipinski definition) is 3. The maximum Gasteiger partial charge on any atom is 0.119 e. The van der Waals surface area contributed by atoms with E-state index in [1.807, 2.05) is 24.3 Å². The van der Waals surface area contributed by atoms with E-state index in [-0.39, 0.29) is 0 Å². The maximum absolute atomic E-state index is 6.06. The van der Waals surface area contributed by atoms with Gasteiger partial charge >= 0.3 is 0 Å². The maximum atomic E-state index is 6.06. The van der Waals surface area contributed by atoms with Gasteiger partial charge in [0, 0.05) is 36.4 Å². The Morgan fingerprint density at radius 2 is 1.87 bits per heavy atom. The molecule has 4 heteroatoms. The van der Waals surface area contributed by atoms with Crippen LogP contribution >= 0.6 is 11.6 Å². The van der Waals surface area contributed by atoms with Gasteiger partial charge in [-0.15, -0.1) is 0 Å². The third kappa shape index (κ3) is 4.63. The first kappa shape index (κ1) is 16.2. The van der Waals surface area contributed by atoms with Crippen LogP contribution in [-0.4, -0.2) is 31.1 Å². The number of methoxy groups -OCH3 is 1. The van der Waals surface area contributed by atoms with Crippen molar-refractivity contribution < 1.29 is 4.74 Å². The highest BCUT2D eigenvalue weighted by Gasteiger charge is 2.19. The minimum atomic E-state index is 0.541. The third-order valence-electron chi connectivity index (χ3n) is 4.34. The van der Waals surface area contributed by atoms with Crippen molar-refractivity contribution in [3.05, 3.63) is 59.1 Å². The van der Waals surface area contributed by atoms with Gasteiger partial charge in [-0.3, -0.25) is 4.90 Å². The van der Waals surface area contributed by atoms with Gasteiger partial charge in [0.2, 0.25) is 0 Å². The number of benzene rings is 2. The lowest BCUT2D eigenvalue weighted by molar-refractivity contribution is 0.211. The van der Waals surface area contributed by atoms with Crippen LogP contribution in [0, 0.1) is 0 Å². The third-order valence-corrected chi connectivity index (χ3v) is 4.58. The Kier molecular flexibility index (Phi) is 5.42. The van der Waals surface area contributed by atoms with Gasteiger partial charge in [0.1, 0.15) is 5.75 Å². The number of halogens is 1. The quantitative estimate of drug-likeness (QED) is 0.878. The molecule has 1 N–H and O–H groups in total. The molecule has 0 unspecified atom stereocenters. The lowest BCUT2D eigenvalue weighted by Gasteiger charge is -2.33. The second-order valence-electron chi connectivity index (χ2n) is 6.05. The molecule has 23 heavy (non-hydrogen) atoms.